The minimum atomic E-state index is -0.457. The van der Waals surface area contributed by atoms with E-state index >= 15 is 0 Å². The van der Waals surface area contributed by atoms with Gasteiger partial charge in [0.15, 0.2) is 0 Å². The van der Waals surface area contributed by atoms with E-state index in [9.17, 15) is 10.1 Å². The van der Waals surface area contributed by atoms with Gasteiger partial charge in [-0.2, -0.15) is 5.26 Å². The Labute approximate surface area is 187 Å². The highest BCUT2D eigenvalue weighted by Crippen LogP contribution is 2.19. The molecule has 0 aliphatic rings. The average molecular weight is 515 g/mol. The SMILES string of the molecule is N#C/C(=C\c1cccc(OCc2ccc(Cl)cc2)c1)C(=O)Nc1ccc(I)cc1. The molecule has 29 heavy (non-hydrogen) atoms. The van der Waals surface area contributed by atoms with Gasteiger partial charge < -0.3 is 10.1 Å². The Bertz CT molecular complexity index is 1070. The highest BCUT2D eigenvalue weighted by atomic mass is 127. The van der Waals surface area contributed by atoms with Gasteiger partial charge in [0.05, 0.1) is 0 Å². The van der Waals surface area contributed by atoms with Crippen LogP contribution in [0.15, 0.2) is 78.4 Å². The lowest BCUT2D eigenvalue weighted by Gasteiger charge is -2.08. The van der Waals surface area contributed by atoms with Gasteiger partial charge >= 0.3 is 0 Å². The molecule has 3 aromatic carbocycles. The van der Waals surface area contributed by atoms with Crippen LogP contribution in [-0.4, -0.2) is 5.91 Å². The number of nitriles is 1. The van der Waals surface area contributed by atoms with Crippen molar-refractivity contribution < 1.29 is 9.53 Å². The Balaban J connectivity index is 1.69. The molecule has 0 spiro atoms. The van der Waals surface area contributed by atoms with Gasteiger partial charge in [0.25, 0.3) is 5.91 Å². The van der Waals surface area contributed by atoms with Crippen LogP contribution in [0, 0.1) is 14.9 Å². The second-order valence-corrected chi connectivity index (χ2v) is 7.80. The summed E-state index contributed by atoms with van der Waals surface area (Å²) in [6, 6.07) is 24.0. The fourth-order valence-electron chi connectivity index (χ4n) is 2.49. The summed E-state index contributed by atoms with van der Waals surface area (Å²) in [6.07, 6.45) is 1.54. The molecule has 0 bridgehead atoms. The van der Waals surface area contributed by atoms with Crippen LogP contribution in [0.5, 0.6) is 5.75 Å². The first-order chi connectivity index (χ1) is 14.0. The number of ether oxygens (including phenoxy) is 1. The Hall–Kier alpha value is -2.82. The minimum Gasteiger partial charge on any atom is -0.489 e. The molecular weight excluding hydrogens is 499 g/mol. The van der Waals surface area contributed by atoms with Crippen molar-refractivity contribution in [3.63, 3.8) is 0 Å². The zero-order valence-electron chi connectivity index (χ0n) is 15.2. The number of carbonyl (C=O) groups is 1. The highest BCUT2D eigenvalue weighted by Gasteiger charge is 2.10. The van der Waals surface area contributed by atoms with E-state index in [1.165, 1.54) is 6.08 Å². The molecule has 0 saturated carbocycles. The van der Waals surface area contributed by atoms with Crippen LogP contribution in [0.25, 0.3) is 6.08 Å². The smallest absolute Gasteiger partial charge is 0.266 e. The summed E-state index contributed by atoms with van der Waals surface area (Å²) in [7, 11) is 0. The number of carbonyl (C=O) groups excluding carboxylic acids is 1. The van der Waals surface area contributed by atoms with Crippen molar-refractivity contribution in [3.8, 4) is 11.8 Å². The quantitative estimate of drug-likeness (QED) is 0.247. The molecule has 144 valence electrons. The van der Waals surface area contributed by atoms with Gasteiger partial charge in [-0.1, -0.05) is 35.9 Å². The van der Waals surface area contributed by atoms with E-state index in [1.807, 2.05) is 60.7 Å². The lowest BCUT2D eigenvalue weighted by molar-refractivity contribution is -0.112. The zero-order valence-corrected chi connectivity index (χ0v) is 18.1. The van der Waals surface area contributed by atoms with Crippen LogP contribution in [-0.2, 0) is 11.4 Å². The molecule has 0 heterocycles. The summed E-state index contributed by atoms with van der Waals surface area (Å²) in [5.41, 5.74) is 2.34. The molecule has 0 aromatic heterocycles. The van der Waals surface area contributed by atoms with Crippen molar-refractivity contribution in [1.82, 2.24) is 0 Å². The summed E-state index contributed by atoms with van der Waals surface area (Å²) in [6.45, 7) is 0.392. The second kappa shape index (κ2) is 10.1. The van der Waals surface area contributed by atoms with Crippen LogP contribution in [0.3, 0.4) is 0 Å². The first-order valence-electron chi connectivity index (χ1n) is 8.69. The lowest BCUT2D eigenvalue weighted by atomic mass is 10.1. The zero-order chi connectivity index (χ0) is 20.6. The summed E-state index contributed by atoms with van der Waals surface area (Å²) >= 11 is 8.08. The van der Waals surface area contributed by atoms with Gasteiger partial charge in [0.1, 0.15) is 24.0 Å². The van der Waals surface area contributed by atoms with Gasteiger partial charge in [0, 0.05) is 14.3 Å². The normalized spacial score (nSPS) is 10.9. The van der Waals surface area contributed by atoms with E-state index in [-0.39, 0.29) is 5.57 Å². The molecule has 1 N–H and O–H groups in total. The van der Waals surface area contributed by atoms with Crippen LogP contribution >= 0.6 is 34.2 Å². The number of amides is 1. The van der Waals surface area contributed by atoms with Crippen molar-refractivity contribution in [3.05, 3.63) is 98.1 Å². The van der Waals surface area contributed by atoms with Gasteiger partial charge in [-0.3, -0.25) is 4.79 Å². The van der Waals surface area contributed by atoms with Crippen molar-refractivity contribution in [1.29, 1.82) is 5.26 Å². The van der Waals surface area contributed by atoms with Crippen LogP contribution in [0.4, 0.5) is 5.69 Å². The molecular formula is C23H16ClIN2O2. The van der Waals surface area contributed by atoms with E-state index in [0.29, 0.717) is 28.6 Å². The largest absolute Gasteiger partial charge is 0.489 e. The van der Waals surface area contributed by atoms with E-state index in [4.69, 9.17) is 16.3 Å². The van der Waals surface area contributed by atoms with Crippen molar-refractivity contribution in [2.24, 2.45) is 0 Å². The third-order valence-corrected chi connectivity index (χ3v) is 4.93. The standard InChI is InChI=1S/C23H16ClIN2O2/c24-19-6-4-16(5-7-19)15-29-22-3-1-2-17(13-22)12-18(14-26)23(28)27-21-10-8-20(25)9-11-21/h1-13H,15H2,(H,27,28)/b18-12+. The highest BCUT2D eigenvalue weighted by molar-refractivity contribution is 14.1. The van der Waals surface area contributed by atoms with Gasteiger partial charge in [-0.05, 0) is 88.3 Å². The molecule has 0 aliphatic carbocycles. The van der Waals surface area contributed by atoms with Crippen LogP contribution in [0.1, 0.15) is 11.1 Å². The Morgan fingerprint density at radius 2 is 1.83 bits per heavy atom. The molecule has 3 rings (SSSR count). The van der Waals surface area contributed by atoms with Crippen molar-refractivity contribution >= 4 is 51.9 Å². The summed E-state index contributed by atoms with van der Waals surface area (Å²) in [5.74, 6) is 0.185. The molecule has 1 amide bonds. The molecule has 6 heteroatoms. The van der Waals surface area contributed by atoms with Gasteiger partial charge in [-0.15, -0.1) is 0 Å². The first kappa shape index (κ1) is 20.9. The molecule has 0 fully saturated rings. The molecule has 0 atom stereocenters. The topological polar surface area (TPSA) is 62.1 Å². The van der Waals surface area contributed by atoms with E-state index in [2.05, 4.69) is 27.9 Å². The van der Waals surface area contributed by atoms with E-state index < -0.39 is 5.91 Å². The van der Waals surface area contributed by atoms with Gasteiger partial charge in [-0.25, -0.2) is 0 Å². The molecule has 0 aliphatic heterocycles. The Morgan fingerprint density at radius 1 is 1.10 bits per heavy atom. The summed E-state index contributed by atoms with van der Waals surface area (Å²) in [4.78, 5) is 12.4. The lowest BCUT2D eigenvalue weighted by Crippen LogP contribution is -2.13. The number of benzene rings is 3. The third kappa shape index (κ3) is 6.34. The molecule has 0 saturated heterocycles. The Kier molecular flexibility index (Phi) is 7.28. The van der Waals surface area contributed by atoms with Gasteiger partial charge in [0.2, 0.25) is 0 Å². The predicted octanol–water partition coefficient (Wildman–Crippen LogP) is 6.07. The van der Waals surface area contributed by atoms with Crippen LogP contribution in [0.2, 0.25) is 5.02 Å². The molecule has 0 radical (unpaired) electrons. The number of anilines is 1. The number of hydrogen-bond acceptors (Lipinski definition) is 3. The number of halogens is 2. The fourth-order valence-corrected chi connectivity index (χ4v) is 2.97. The fraction of sp³-hybridized carbons (Fsp3) is 0.0435. The minimum absolute atomic E-state index is 0.0124. The molecule has 0 unspecified atom stereocenters. The number of nitrogens with one attached hydrogen (secondary N) is 1. The van der Waals surface area contributed by atoms with Crippen LogP contribution < -0.4 is 10.1 Å². The maximum Gasteiger partial charge on any atom is 0.266 e. The third-order valence-electron chi connectivity index (χ3n) is 3.96. The average Bonchev–Trinajstić information content (AvgIpc) is 2.73. The maximum absolute atomic E-state index is 12.4. The van der Waals surface area contributed by atoms with Crippen molar-refractivity contribution in [2.75, 3.05) is 5.32 Å². The van der Waals surface area contributed by atoms with Crippen molar-refractivity contribution in [2.45, 2.75) is 6.61 Å². The van der Waals surface area contributed by atoms with E-state index in [1.54, 1.807) is 18.2 Å². The predicted molar refractivity (Wildman–Crippen MR) is 124 cm³/mol. The molecule has 3 aromatic rings. The summed E-state index contributed by atoms with van der Waals surface area (Å²) < 4.78 is 6.86. The summed E-state index contributed by atoms with van der Waals surface area (Å²) in [5, 5.41) is 12.8. The van der Waals surface area contributed by atoms with E-state index in [0.717, 1.165) is 9.13 Å². The number of hydrogen-bond donors (Lipinski definition) is 1. The maximum atomic E-state index is 12.4. The Morgan fingerprint density at radius 3 is 2.52 bits per heavy atom. The monoisotopic (exact) mass is 514 g/mol. The number of rotatable bonds is 6. The molecule has 4 nitrogen and oxygen atoms in total. The number of nitrogens with zero attached hydrogens (tertiary/aromatic N) is 1. The second-order valence-electron chi connectivity index (χ2n) is 6.12. The first-order valence-corrected chi connectivity index (χ1v) is 10.2.